The molecule has 1 aromatic heterocycles. The smallest absolute Gasteiger partial charge is 0.338 e. The van der Waals surface area contributed by atoms with Crippen LogP contribution >= 0.6 is 11.6 Å². The predicted octanol–water partition coefficient (Wildman–Crippen LogP) is 4.42. The highest BCUT2D eigenvalue weighted by atomic mass is 35.5. The molecule has 32 heavy (non-hydrogen) atoms. The minimum absolute atomic E-state index is 0.0172. The summed E-state index contributed by atoms with van der Waals surface area (Å²) in [6, 6.07) is 11.3. The molecule has 1 unspecified atom stereocenters. The van der Waals surface area contributed by atoms with Crippen molar-refractivity contribution < 1.29 is 22.7 Å². The highest BCUT2D eigenvalue weighted by Gasteiger charge is 2.30. The number of nitrogens with one attached hydrogen (secondary N) is 1. The number of hydrogen-bond donors (Lipinski definition) is 1. The lowest BCUT2D eigenvalue weighted by atomic mass is 10.1. The van der Waals surface area contributed by atoms with Crippen LogP contribution in [0.1, 0.15) is 46.9 Å². The highest BCUT2D eigenvalue weighted by molar-refractivity contribution is 7.89. The molecular weight excluding hydrogens is 452 g/mol. The van der Waals surface area contributed by atoms with Gasteiger partial charge in [0.05, 0.1) is 10.6 Å². The van der Waals surface area contributed by atoms with Crippen molar-refractivity contribution in [1.82, 2.24) is 9.29 Å². The third-order valence-electron chi connectivity index (χ3n) is 5.61. The van der Waals surface area contributed by atoms with Gasteiger partial charge >= 0.3 is 5.97 Å². The molecule has 9 heteroatoms. The molecule has 2 aromatic carbocycles. The molecule has 3 aromatic rings. The van der Waals surface area contributed by atoms with Gasteiger partial charge in [-0.25, -0.2) is 13.2 Å². The standard InChI is InChI=1S/C23H23ClN2O5S/c1-15(22(27)18-14-25-20-8-4-3-7-17(18)20)31-23(28)16-9-10-19(24)21(13-16)32(29,30)26-11-5-2-6-12-26/h3-4,7-10,13-15,25H,2,5-6,11-12H2,1H3. The Bertz CT molecular complexity index is 1280. The van der Waals surface area contributed by atoms with E-state index in [4.69, 9.17) is 16.3 Å². The number of rotatable bonds is 6. The summed E-state index contributed by atoms with van der Waals surface area (Å²) in [6.07, 6.45) is 3.08. The van der Waals surface area contributed by atoms with E-state index in [0.717, 1.165) is 30.2 Å². The Morgan fingerprint density at radius 1 is 1.09 bits per heavy atom. The van der Waals surface area contributed by atoms with Gasteiger partial charge in [0.15, 0.2) is 6.10 Å². The van der Waals surface area contributed by atoms with Crippen molar-refractivity contribution in [2.75, 3.05) is 13.1 Å². The number of aromatic amines is 1. The number of para-hydroxylation sites is 1. The molecule has 4 rings (SSSR count). The fraction of sp³-hybridized carbons (Fsp3) is 0.304. The number of benzene rings is 2. The third-order valence-corrected chi connectivity index (χ3v) is 7.99. The van der Waals surface area contributed by atoms with Crippen LogP contribution in [-0.4, -0.2) is 48.7 Å². The van der Waals surface area contributed by atoms with E-state index in [0.29, 0.717) is 18.7 Å². The summed E-state index contributed by atoms with van der Waals surface area (Å²) >= 11 is 6.17. The molecule has 0 amide bonds. The van der Waals surface area contributed by atoms with Crippen LogP contribution in [0, 0.1) is 0 Å². The lowest BCUT2D eigenvalue weighted by Crippen LogP contribution is -2.35. The Morgan fingerprint density at radius 2 is 1.81 bits per heavy atom. The van der Waals surface area contributed by atoms with Crippen molar-refractivity contribution >= 4 is 44.3 Å². The summed E-state index contributed by atoms with van der Waals surface area (Å²) in [5, 5.41) is 0.775. The molecule has 0 radical (unpaired) electrons. The quantitative estimate of drug-likeness (QED) is 0.421. The van der Waals surface area contributed by atoms with E-state index in [1.54, 1.807) is 6.20 Å². The molecule has 0 spiro atoms. The van der Waals surface area contributed by atoms with Crippen molar-refractivity contribution in [3.8, 4) is 0 Å². The first-order valence-corrected chi connectivity index (χ1v) is 12.2. The van der Waals surface area contributed by atoms with E-state index in [-0.39, 0.29) is 21.3 Å². The first-order valence-electron chi connectivity index (χ1n) is 10.4. The number of carbonyl (C=O) groups is 2. The van der Waals surface area contributed by atoms with Crippen molar-refractivity contribution in [1.29, 1.82) is 0 Å². The Balaban J connectivity index is 1.54. The maximum Gasteiger partial charge on any atom is 0.338 e. The molecular formula is C23H23ClN2O5S. The number of esters is 1. The summed E-state index contributed by atoms with van der Waals surface area (Å²) in [6.45, 7) is 2.33. The maximum absolute atomic E-state index is 13.0. The number of hydrogen-bond acceptors (Lipinski definition) is 5. The van der Waals surface area contributed by atoms with Gasteiger partial charge in [0.2, 0.25) is 15.8 Å². The average Bonchev–Trinajstić information content (AvgIpc) is 3.23. The minimum atomic E-state index is -3.83. The molecule has 1 aliphatic heterocycles. The summed E-state index contributed by atoms with van der Waals surface area (Å²) in [7, 11) is -3.83. The number of ketones is 1. The first-order chi connectivity index (χ1) is 15.3. The van der Waals surface area contributed by atoms with Crippen LogP contribution in [0.5, 0.6) is 0 Å². The molecule has 7 nitrogen and oxygen atoms in total. The number of ether oxygens (including phenoxy) is 1. The van der Waals surface area contributed by atoms with E-state index < -0.39 is 22.1 Å². The molecule has 2 heterocycles. The monoisotopic (exact) mass is 474 g/mol. The number of H-pyrrole nitrogens is 1. The number of piperidine rings is 1. The number of carbonyl (C=O) groups excluding carboxylic acids is 2. The highest BCUT2D eigenvalue weighted by Crippen LogP contribution is 2.28. The average molecular weight is 475 g/mol. The van der Waals surface area contributed by atoms with Gasteiger partial charge in [0.25, 0.3) is 0 Å². The van der Waals surface area contributed by atoms with E-state index in [2.05, 4.69) is 4.98 Å². The van der Waals surface area contributed by atoms with Crippen molar-refractivity contribution in [2.45, 2.75) is 37.2 Å². The third kappa shape index (κ3) is 4.30. The van der Waals surface area contributed by atoms with E-state index in [9.17, 15) is 18.0 Å². The normalized spacial score (nSPS) is 16.1. The fourth-order valence-electron chi connectivity index (χ4n) is 3.85. The van der Waals surface area contributed by atoms with E-state index >= 15 is 0 Å². The van der Waals surface area contributed by atoms with Crippen LogP contribution in [0.2, 0.25) is 5.02 Å². The number of fused-ring (bicyclic) bond motifs is 1. The second kappa shape index (κ2) is 9.05. The molecule has 1 atom stereocenters. The maximum atomic E-state index is 13.0. The van der Waals surface area contributed by atoms with Gasteiger partial charge in [-0.3, -0.25) is 4.79 Å². The molecule has 1 saturated heterocycles. The Hall–Kier alpha value is -2.68. The largest absolute Gasteiger partial charge is 0.451 e. The summed E-state index contributed by atoms with van der Waals surface area (Å²) in [4.78, 5) is 28.5. The van der Waals surface area contributed by atoms with Crippen LogP contribution in [0.15, 0.2) is 53.6 Å². The lowest BCUT2D eigenvalue weighted by Gasteiger charge is -2.26. The summed E-state index contributed by atoms with van der Waals surface area (Å²) in [5.74, 6) is -1.15. The van der Waals surface area contributed by atoms with Crippen molar-refractivity contribution in [3.63, 3.8) is 0 Å². The number of aromatic nitrogens is 1. The van der Waals surface area contributed by atoms with Gasteiger partial charge in [-0.1, -0.05) is 36.2 Å². The van der Waals surface area contributed by atoms with Crippen molar-refractivity contribution in [3.05, 3.63) is 64.8 Å². The molecule has 0 saturated carbocycles. The summed E-state index contributed by atoms with van der Waals surface area (Å²) in [5.41, 5.74) is 1.24. The number of halogens is 1. The van der Waals surface area contributed by atoms with Crippen molar-refractivity contribution in [2.24, 2.45) is 0 Å². The second-order valence-electron chi connectivity index (χ2n) is 7.77. The van der Waals surface area contributed by atoms with Crippen LogP contribution in [-0.2, 0) is 14.8 Å². The lowest BCUT2D eigenvalue weighted by molar-refractivity contribution is 0.0319. The number of nitrogens with zero attached hydrogens (tertiary/aromatic N) is 1. The van der Waals surface area contributed by atoms with Gasteiger partial charge in [-0.15, -0.1) is 0 Å². The number of sulfonamides is 1. The summed E-state index contributed by atoms with van der Waals surface area (Å²) < 4.78 is 32.8. The molecule has 1 fully saturated rings. The van der Waals surface area contributed by atoms with E-state index in [1.807, 2.05) is 24.3 Å². The SMILES string of the molecule is CC(OC(=O)c1ccc(Cl)c(S(=O)(=O)N2CCCCC2)c1)C(=O)c1c[nH]c2ccccc12. The zero-order valence-corrected chi connectivity index (χ0v) is 19.1. The van der Waals surface area contributed by atoms with Crippen LogP contribution in [0.4, 0.5) is 0 Å². The van der Waals surface area contributed by atoms with Gasteiger partial charge in [-0.05, 0) is 44.0 Å². The number of Topliss-reactive ketones (excluding diaryl/α,β-unsaturated/α-hetero) is 1. The topological polar surface area (TPSA) is 96.5 Å². The molecule has 1 aliphatic rings. The van der Waals surface area contributed by atoms with Gasteiger partial charge in [-0.2, -0.15) is 4.31 Å². The minimum Gasteiger partial charge on any atom is -0.451 e. The van der Waals surface area contributed by atoms with Crippen LogP contribution in [0.3, 0.4) is 0 Å². The molecule has 1 N–H and O–H groups in total. The van der Waals surface area contributed by atoms with Gasteiger partial charge < -0.3 is 9.72 Å². The van der Waals surface area contributed by atoms with E-state index in [1.165, 1.54) is 29.4 Å². The zero-order valence-electron chi connectivity index (χ0n) is 17.5. The first kappa shape index (κ1) is 22.5. The Morgan fingerprint density at radius 3 is 2.56 bits per heavy atom. The zero-order chi connectivity index (χ0) is 22.9. The molecule has 168 valence electrons. The Labute approximate surface area is 191 Å². The van der Waals surface area contributed by atoms with Crippen LogP contribution < -0.4 is 0 Å². The second-order valence-corrected chi connectivity index (χ2v) is 10.1. The molecule has 0 aliphatic carbocycles. The predicted molar refractivity (Wildman–Crippen MR) is 122 cm³/mol. The fourth-order valence-corrected chi connectivity index (χ4v) is 5.87. The molecule has 0 bridgehead atoms. The van der Waals surface area contributed by atoms with Gasteiger partial charge in [0.1, 0.15) is 4.90 Å². The van der Waals surface area contributed by atoms with Crippen LogP contribution in [0.25, 0.3) is 10.9 Å². The van der Waals surface area contributed by atoms with Gasteiger partial charge in [0, 0.05) is 35.8 Å². The Kier molecular flexibility index (Phi) is 6.37.